The van der Waals surface area contributed by atoms with Gasteiger partial charge in [0.1, 0.15) is 23.5 Å². The summed E-state index contributed by atoms with van der Waals surface area (Å²) >= 11 is 0. The number of terminal acetylenes is 1. The summed E-state index contributed by atoms with van der Waals surface area (Å²) in [4.78, 5) is 27.3. The van der Waals surface area contributed by atoms with Crippen molar-refractivity contribution in [1.82, 2.24) is 0 Å². The molecule has 1 aliphatic carbocycles. The zero-order valence-corrected chi connectivity index (χ0v) is 26.4. The lowest BCUT2D eigenvalue weighted by Gasteiger charge is -2.44. The topological polar surface area (TPSA) is 77.6 Å². The molecule has 7 nitrogen and oxygen atoms in total. The standard InChI is InChI=1S/C29H43NO6Si2/c1-11-24-28-16-12-13-25(34-20(2)31)29(28,36-28)22-19-21(35-38(9,10)27(3,4)5)14-15-23(22)30(24)26(32)33-17-18-37(6,7)8/h1,14-15,19,24-25H,12-13,16-18H2,2-10H3/t24-,25+,28-,29-/m0/s1. The minimum Gasteiger partial charge on any atom is -0.543 e. The van der Waals surface area contributed by atoms with Gasteiger partial charge in [-0.1, -0.05) is 46.3 Å². The number of anilines is 1. The molecule has 3 aliphatic rings. The van der Waals surface area contributed by atoms with Crippen LogP contribution in [0.2, 0.25) is 43.8 Å². The third-order valence-electron chi connectivity index (χ3n) is 8.65. The first-order valence-corrected chi connectivity index (χ1v) is 20.2. The molecule has 9 heteroatoms. The highest BCUT2D eigenvalue weighted by atomic mass is 28.4. The van der Waals surface area contributed by atoms with Gasteiger partial charge in [-0.2, -0.15) is 0 Å². The molecule has 0 bridgehead atoms. The van der Waals surface area contributed by atoms with Gasteiger partial charge in [0.25, 0.3) is 0 Å². The summed E-state index contributed by atoms with van der Waals surface area (Å²) < 4.78 is 24.9. The molecular formula is C29H43NO6Si2. The molecule has 1 amide bonds. The number of benzene rings is 1. The van der Waals surface area contributed by atoms with Gasteiger partial charge in [-0.15, -0.1) is 6.42 Å². The smallest absolute Gasteiger partial charge is 0.415 e. The maximum Gasteiger partial charge on any atom is 0.415 e. The second-order valence-electron chi connectivity index (χ2n) is 13.6. The molecule has 2 heterocycles. The van der Waals surface area contributed by atoms with E-state index in [0.717, 1.165) is 18.0 Å². The number of epoxide rings is 1. The number of hydrogen-bond acceptors (Lipinski definition) is 6. The predicted molar refractivity (Wildman–Crippen MR) is 154 cm³/mol. The third-order valence-corrected chi connectivity index (χ3v) is 14.7. The largest absolute Gasteiger partial charge is 0.543 e. The summed E-state index contributed by atoms with van der Waals surface area (Å²) in [5.41, 5.74) is -0.375. The summed E-state index contributed by atoms with van der Waals surface area (Å²) in [6, 6.07) is 5.92. The van der Waals surface area contributed by atoms with E-state index in [2.05, 4.69) is 59.4 Å². The highest BCUT2D eigenvalue weighted by molar-refractivity contribution is 6.76. The van der Waals surface area contributed by atoms with Crippen LogP contribution in [0.25, 0.3) is 0 Å². The van der Waals surface area contributed by atoms with Crippen LogP contribution >= 0.6 is 0 Å². The molecule has 0 N–H and O–H groups in total. The van der Waals surface area contributed by atoms with E-state index in [-0.39, 0.29) is 11.0 Å². The van der Waals surface area contributed by atoms with E-state index in [1.807, 2.05) is 18.2 Å². The Hall–Kier alpha value is -2.29. The summed E-state index contributed by atoms with van der Waals surface area (Å²) in [7, 11) is -3.54. The molecular weight excluding hydrogens is 514 g/mol. The number of esters is 1. The van der Waals surface area contributed by atoms with Crippen molar-refractivity contribution in [2.45, 2.75) is 114 Å². The van der Waals surface area contributed by atoms with Gasteiger partial charge in [0, 0.05) is 20.6 Å². The molecule has 1 aromatic carbocycles. The Balaban J connectivity index is 1.81. The molecule has 4 atom stereocenters. The molecule has 1 aromatic rings. The van der Waals surface area contributed by atoms with Gasteiger partial charge in [0.05, 0.1) is 12.3 Å². The molecule has 2 fully saturated rings. The Morgan fingerprint density at radius 2 is 1.89 bits per heavy atom. The van der Waals surface area contributed by atoms with Crippen LogP contribution in [0, 0.1) is 12.3 Å². The summed E-state index contributed by atoms with van der Waals surface area (Å²) in [5.74, 6) is 3.20. The van der Waals surface area contributed by atoms with Crippen LogP contribution < -0.4 is 9.33 Å². The van der Waals surface area contributed by atoms with Gasteiger partial charge in [-0.25, -0.2) is 4.79 Å². The number of hydrogen-bond donors (Lipinski definition) is 0. The molecule has 2 aliphatic heterocycles. The first-order valence-electron chi connectivity index (χ1n) is 13.6. The number of rotatable bonds is 6. The van der Waals surface area contributed by atoms with Crippen molar-refractivity contribution in [3.05, 3.63) is 23.8 Å². The fourth-order valence-electron chi connectivity index (χ4n) is 5.59. The summed E-state index contributed by atoms with van der Waals surface area (Å²) in [5, 5.41) is 0.00686. The lowest BCUT2D eigenvalue weighted by Crippen LogP contribution is -2.59. The maximum absolute atomic E-state index is 13.6. The highest BCUT2D eigenvalue weighted by Gasteiger charge is 2.83. The van der Waals surface area contributed by atoms with E-state index >= 15 is 0 Å². The highest BCUT2D eigenvalue weighted by Crippen LogP contribution is 2.71. The van der Waals surface area contributed by atoms with Crippen molar-refractivity contribution < 1.29 is 28.2 Å². The lowest BCUT2D eigenvalue weighted by atomic mass is 9.67. The van der Waals surface area contributed by atoms with Crippen LogP contribution in [-0.2, 0) is 24.6 Å². The zero-order chi connectivity index (χ0) is 28.3. The fourth-order valence-corrected chi connectivity index (χ4v) is 7.33. The van der Waals surface area contributed by atoms with Gasteiger partial charge < -0.3 is 18.6 Å². The predicted octanol–water partition coefficient (Wildman–Crippen LogP) is 6.45. The van der Waals surface area contributed by atoms with Gasteiger partial charge >= 0.3 is 12.1 Å². The first kappa shape index (κ1) is 28.7. The number of carbonyl (C=O) groups is 2. The van der Waals surface area contributed by atoms with Crippen molar-refractivity contribution in [1.29, 1.82) is 0 Å². The van der Waals surface area contributed by atoms with Crippen LogP contribution in [0.15, 0.2) is 18.2 Å². The summed E-state index contributed by atoms with van der Waals surface area (Å²) in [6.07, 6.45) is 7.22. The number of ether oxygens (including phenoxy) is 3. The Morgan fingerprint density at radius 3 is 2.47 bits per heavy atom. The van der Waals surface area contributed by atoms with Crippen molar-refractivity contribution >= 4 is 34.1 Å². The Kier molecular flexibility index (Phi) is 7.12. The number of nitrogens with zero attached hydrogens (tertiary/aromatic N) is 1. The molecule has 208 valence electrons. The van der Waals surface area contributed by atoms with Crippen molar-refractivity contribution in [2.24, 2.45) is 0 Å². The van der Waals surface area contributed by atoms with E-state index in [4.69, 9.17) is 25.1 Å². The third kappa shape index (κ3) is 4.69. The van der Waals surface area contributed by atoms with E-state index in [1.54, 1.807) is 4.90 Å². The van der Waals surface area contributed by atoms with E-state index in [1.165, 1.54) is 6.92 Å². The molecule has 0 radical (unpaired) electrons. The van der Waals surface area contributed by atoms with Crippen LogP contribution in [-0.4, -0.2) is 52.8 Å². The van der Waals surface area contributed by atoms with Gasteiger partial charge in [-0.05, 0) is 61.6 Å². The van der Waals surface area contributed by atoms with Crippen LogP contribution in [0.4, 0.5) is 10.5 Å². The number of fused-ring (bicyclic) bond motifs is 1. The normalized spacial score (nSPS) is 28.3. The zero-order valence-electron chi connectivity index (χ0n) is 24.4. The van der Waals surface area contributed by atoms with Gasteiger partial charge in [0.2, 0.25) is 8.32 Å². The van der Waals surface area contributed by atoms with E-state index in [9.17, 15) is 9.59 Å². The molecule has 0 spiro atoms. The first-order chi connectivity index (χ1) is 17.5. The monoisotopic (exact) mass is 557 g/mol. The number of carbonyl (C=O) groups excluding carboxylic acids is 2. The van der Waals surface area contributed by atoms with Gasteiger partial charge in [-0.3, -0.25) is 9.69 Å². The lowest BCUT2D eigenvalue weighted by molar-refractivity contribution is -0.151. The number of amides is 1. The molecule has 0 aromatic heterocycles. The second-order valence-corrected chi connectivity index (χ2v) is 24.0. The second kappa shape index (κ2) is 9.42. The molecule has 4 rings (SSSR count). The minimum absolute atomic E-state index is 0.00686. The SMILES string of the molecule is C#C[C@@H]1N(C(=O)OCC[Si](C)(C)C)c2ccc(O[Si](C)(C)C(C)(C)C)cc2[C@@]23O[C@@]12CCC[C@H]3OC(C)=O. The Labute approximate surface area is 229 Å². The molecule has 0 unspecified atom stereocenters. The Bertz CT molecular complexity index is 1160. The fraction of sp³-hybridized carbons (Fsp3) is 0.655. The molecule has 38 heavy (non-hydrogen) atoms. The average Bonchev–Trinajstić information content (AvgIpc) is 3.48. The van der Waals surface area contributed by atoms with Crippen molar-refractivity contribution in [3.63, 3.8) is 0 Å². The quantitative estimate of drug-likeness (QED) is 0.173. The Morgan fingerprint density at radius 1 is 1.21 bits per heavy atom. The van der Waals surface area contributed by atoms with Crippen molar-refractivity contribution in [3.8, 4) is 18.1 Å². The summed E-state index contributed by atoms with van der Waals surface area (Å²) in [6.45, 7) is 19.5. The van der Waals surface area contributed by atoms with Gasteiger partial charge in [0.15, 0.2) is 5.60 Å². The van der Waals surface area contributed by atoms with E-state index < -0.39 is 45.8 Å². The van der Waals surface area contributed by atoms with E-state index in [0.29, 0.717) is 30.9 Å². The van der Waals surface area contributed by atoms with Crippen molar-refractivity contribution in [2.75, 3.05) is 11.5 Å². The average molecular weight is 558 g/mol. The van der Waals surface area contributed by atoms with Crippen LogP contribution in [0.5, 0.6) is 5.75 Å². The molecule has 1 saturated heterocycles. The van der Waals surface area contributed by atoms with Crippen LogP contribution in [0.1, 0.15) is 52.5 Å². The maximum atomic E-state index is 13.6. The minimum atomic E-state index is -2.14. The van der Waals surface area contributed by atoms with Crippen LogP contribution in [0.3, 0.4) is 0 Å². The molecule has 1 saturated carbocycles.